The van der Waals surface area contributed by atoms with Crippen LogP contribution in [0.5, 0.6) is 0 Å². The van der Waals surface area contributed by atoms with E-state index >= 15 is 0 Å². The van der Waals surface area contributed by atoms with Crippen LogP contribution in [0.1, 0.15) is 20.3 Å². The van der Waals surface area contributed by atoms with E-state index in [1.807, 2.05) is 13.8 Å². The molecule has 4 heteroatoms. The minimum Gasteiger partial charge on any atom is -0.379 e. The normalized spacial score (nSPS) is 20.9. The minimum atomic E-state index is -0.370. The summed E-state index contributed by atoms with van der Waals surface area (Å²) in [6.45, 7) is 5.64. The predicted molar refractivity (Wildman–Crippen MR) is 50.2 cm³/mol. The van der Waals surface area contributed by atoms with Gasteiger partial charge in [-0.15, -0.1) is 0 Å². The van der Waals surface area contributed by atoms with Crippen LogP contribution in [0, 0.1) is 0 Å². The van der Waals surface area contributed by atoms with Crippen LogP contribution < -0.4 is 0 Å². The van der Waals surface area contributed by atoms with Gasteiger partial charge in [0.25, 0.3) is 0 Å². The molecule has 1 aliphatic heterocycles. The number of hydrogen-bond acceptors (Lipinski definition) is 3. The highest BCUT2D eigenvalue weighted by Crippen LogP contribution is 2.20. The third kappa shape index (κ3) is 2.38. The fraction of sp³-hybridized carbons (Fsp3) is 0.875. The van der Waals surface area contributed by atoms with Gasteiger partial charge in [-0.2, -0.15) is 12.6 Å². The molecule has 1 aliphatic rings. The van der Waals surface area contributed by atoms with E-state index < -0.39 is 0 Å². The Morgan fingerprint density at radius 1 is 1.50 bits per heavy atom. The molecule has 0 unspecified atom stereocenters. The van der Waals surface area contributed by atoms with Crippen LogP contribution in [0.3, 0.4) is 0 Å². The summed E-state index contributed by atoms with van der Waals surface area (Å²) in [5, 5.41) is 0. The maximum absolute atomic E-state index is 11.5. The van der Waals surface area contributed by atoms with Gasteiger partial charge in [-0.3, -0.25) is 4.79 Å². The summed E-state index contributed by atoms with van der Waals surface area (Å²) >= 11 is 4.35. The highest BCUT2D eigenvalue weighted by atomic mass is 32.1. The quantitative estimate of drug-likeness (QED) is 0.621. The number of amides is 1. The SMILES string of the molecule is CC(C)(S)N1CCOCCC1=O. The summed E-state index contributed by atoms with van der Waals surface area (Å²) in [6.07, 6.45) is 0.476. The largest absolute Gasteiger partial charge is 0.379 e. The standard InChI is InChI=1S/C8H15NO2S/c1-8(2,12)9-4-6-11-5-3-7(9)10/h12H,3-6H2,1-2H3. The molecular weight excluding hydrogens is 174 g/mol. The zero-order chi connectivity index (χ0) is 9.19. The summed E-state index contributed by atoms with van der Waals surface area (Å²) < 4.78 is 5.19. The molecule has 1 saturated heterocycles. The third-order valence-electron chi connectivity index (χ3n) is 1.88. The first-order valence-electron chi connectivity index (χ1n) is 4.12. The Bertz CT molecular complexity index is 176. The van der Waals surface area contributed by atoms with Crippen LogP contribution in [0.15, 0.2) is 0 Å². The summed E-state index contributed by atoms with van der Waals surface area (Å²) in [4.78, 5) is 12.8. The Morgan fingerprint density at radius 3 is 2.75 bits per heavy atom. The number of carbonyl (C=O) groups is 1. The lowest BCUT2D eigenvalue weighted by Crippen LogP contribution is -2.44. The van der Waals surface area contributed by atoms with E-state index in [9.17, 15) is 4.79 Å². The summed E-state index contributed by atoms with van der Waals surface area (Å²) in [7, 11) is 0. The molecule has 1 fully saturated rings. The van der Waals surface area contributed by atoms with Crippen molar-refractivity contribution in [3.8, 4) is 0 Å². The van der Waals surface area contributed by atoms with Crippen LogP contribution in [0.4, 0.5) is 0 Å². The molecular formula is C8H15NO2S. The Hall–Kier alpha value is -0.220. The van der Waals surface area contributed by atoms with Crippen LogP contribution >= 0.6 is 12.6 Å². The van der Waals surface area contributed by atoms with Gasteiger partial charge in [0.15, 0.2) is 0 Å². The van der Waals surface area contributed by atoms with Gasteiger partial charge in [-0.1, -0.05) is 0 Å². The van der Waals surface area contributed by atoms with E-state index in [0.29, 0.717) is 26.2 Å². The van der Waals surface area contributed by atoms with Crippen molar-refractivity contribution in [3.05, 3.63) is 0 Å². The summed E-state index contributed by atoms with van der Waals surface area (Å²) in [6, 6.07) is 0. The summed E-state index contributed by atoms with van der Waals surface area (Å²) in [5.41, 5.74) is 0. The highest BCUT2D eigenvalue weighted by Gasteiger charge is 2.27. The number of ether oxygens (including phenoxy) is 1. The number of rotatable bonds is 1. The molecule has 0 aliphatic carbocycles. The van der Waals surface area contributed by atoms with Gasteiger partial charge in [-0.25, -0.2) is 0 Å². The Morgan fingerprint density at radius 2 is 2.17 bits per heavy atom. The maximum Gasteiger partial charge on any atom is 0.226 e. The first-order valence-corrected chi connectivity index (χ1v) is 4.57. The molecule has 70 valence electrons. The average Bonchev–Trinajstić information content (AvgIpc) is 2.11. The van der Waals surface area contributed by atoms with Crippen molar-refractivity contribution < 1.29 is 9.53 Å². The molecule has 0 atom stereocenters. The smallest absolute Gasteiger partial charge is 0.226 e. The minimum absolute atomic E-state index is 0.132. The molecule has 1 rings (SSSR count). The second-order valence-electron chi connectivity index (χ2n) is 3.40. The lowest BCUT2D eigenvalue weighted by molar-refractivity contribution is -0.132. The number of hydrogen-bond donors (Lipinski definition) is 1. The van der Waals surface area contributed by atoms with Gasteiger partial charge >= 0.3 is 0 Å². The first kappa shape index (κ1) is 9.86. The monoisotopic (exact) mass is 189 g/mol. The highest BCUT2D eigenvalue weighted by molar-refractivity contribution is 7.81. The van der Waals surface area contributed by atoms with Crippen molar-refractivity contribution in [2.45, 2.75) is 25.1 Å². The fourth-order valence-electron chi connectivity index (χ4n) is 1.26. The number of thiol groups is 1. The molecule has 1 amide bonds. The van der Waals surface area contributed by atoms with Crippen molar-refractivity contribution in [1.29, 1.82) is 0 Å². The molecule has 0 saturated carbocycles. The van der Waals surface area contributed by atoms with E-state index in [1.54, 1.807) is 4.90 Å². The topological polar surface area (TPSA) is 29.5 Å². The van der Waals surface area contributed by atoms with Gasteiger partial charge in [0.2, 0.25) is 5.91 Å². The fourth-order valence-corrected chi connectivity index (χ4v) is 1.47. The van der Waals surface area contributed by atoms with E-state index in [2.05, 4.69) is 12.6 Å². The molecule has 3 nitrogen and oxygen atoms in total. The van der Waals surface area contributed by atoms with Crippen molar-refractivity contribution in [3.63, 3.8) is 0 Å². The Labute approximate surface area is 78.5 Å². The zero-order valence-corrected chi connectivity index (χ0v) is 8.43. The van der Waals surface area contributed by atoms with Crippen LogP contribution in [0.2, 0.25) is 0 Å². The number of carbonyl (C=O) groups excluding carboxylic acids is 1. The lowest BCUT2D eigenvalue weighted by Gasteiger charge is -2.33. The van der Waals surface area contributed by atoms with Crippen molar-refractivity contribution in [1.82, 2.24) is 4.90 Å². The van der Waals surface area contributed by atoms with Gasteiger partial charge < -0.3 is 9.64 Å². The van der Waals surface area contributed by atoms with Crippen molar-refractivity contribution in [2.24, 2.45) is 0 Å². The van der Waals surface area contributed by atoms with Crippen molar-refractivity contribution >= 4 is 18.5 Å². The van der Waals surface area contributed by atoms with Crippen molar-refractivity contribution in [2.75, 3.05) is 19.8 Å². The van der Waals surface area contributed by atoms with Crippen LogP contribution in [-0.2, 0) is 9.53 Å². The van der Waals surface area contributed by atoms with E-state index in [-0.39, 0.29) is 10.8 Å². The van der Waals surface area contributed by atoms with Gasteiger partial charge in [0.1, 0.15) is 0 Å². The van der Waals surface area contributed by atoms with E-state index in [0.717, 1.165) is 0 Å². The number of nitrogens with zero attached hydrogens (tertiary/aromatic N) is 1. The lowest BCUT2D eigenvalue weighted by atomic mass is 10.3. The predicted octanol–water partition coefficient (Wildman–Crippen LogP) is 0.901. The van der Waals surface area contributed by atoms with Gasteiger partial charge in [-0.05, 0) is 13.8 Å². The van der Waals surface area contributed by atoms with E-state index in [1.165, 1.54) is 0 Å². The van der Waals surface area contributed by atoms with Gasteiger partial charge in [0, 0.05) is 6.54 Å². The summed E-state index contributed by atoms with van der Waals surface area (Å²) in [5.74, 6) is 0.132. The zero-order valence-electron chi connectivity index (χ0n) is 7.54. The Kier molecular flexibility index (Phi) is 3.01. The molecule has 1 heterocycles. The molecule has 0 radical (unpaired) electrons. The Balaban J connectivity index is 2.66. The molecule has 0 aromatic rings. The second kappa shape index (κ2) is 3.66. The molecule has 12 heavy (non-hydrogen) atoms. The maximum atomic E-state index is 11.5. The first-order chi connectivity index (χ1) is 5.52. The molecule has 0 bridgehead atoms. The second-order valence-corrected chi connectivity index (χ2v) is 4.50. The molecule has 0 spiro atoms. The van der Waals surface area contributed by atoms with Gasteiger partial charge in [0.05, 0.1) is 24.5 Å². The average molecular weight is 189 g/mol. The molecule has 0 aromatic carbocycles. The molecule has 0 aromatic heterocycles. The third-order valence-corrected chi connectivity index (χ3v) is 2.12. The van der Waals surface area contributed by atoms with E-state index in [4.69, 9.17) is 4.74 Å². The molecule has 0 N–H and O–H groups in total. The van der Waals surface area contributed by atoms with Crippen LogP contribution in [-0.4, -0.2) is 35.4 Å². The van der Waals surface area contributed by atoms with Crippen LogP contribution in [0.25, 0.3) is 0 Å².